The van der Waals surface area contributed by atoms with Crippen LogP contribution in [0, 0.1) is 17.8 Å². The molecular weight excluding hydrogens is 477 g/mol. The van der Waals surface area contributed by atoms with Crippen LogP contribution in [0.15, 0.2) is 0 Å². The topological polar surface area (TPSA) is 118 Å². The average molecular weight is 528 g/mol. The van der Waals surface area contributed by atoms with Gasteiger partial charge in [0.15, 0.2) is 0 Å². The summed E-state index contributed by atoms with van der Waals surface area (Å²) in [5, 5.41) is 33.3. The van der Waals surface area contributed by atoms with Gasteiger partial charge in [-0.15, -0.1) is 0 Å². The third kappa shape index (κ3) is 8.30. The molecule has 0 bridgehead atoms. The van der Waals surface area contributed by atoms with E-state index in [1.165, 1.54) is 6.42 Å². The van der Waals surface area contributed by atoms with Gasteiger partial charge in [-0.25, -0.2) is 4.39 Å². The zero-order valence-corrected chi connectivity index (χ0v) is 22.7. The van der Waals surface area contributed by atoms with Crippen molar-refractivity contribution in [3.05, 3.63) is 0 Å². The lowest BCUT2D eigenvalue weighted by molar-refractivity contribution is -0.129. The Morgan fingerprint density at radius 3 is 2.70 bits per heavy atom. The number of aliphatic hydroxyl groups excluding tert-OH is 2. The maximum Gasteiger partial charge on any atom is 0.226 e. The van der Waals surface area contributed by atoms with Crippen LogP contribution in [-0.4, -0.2) is 110 Å². The standard InChI is InChI=1S/C27H50FN5O4/c1-17(29-2)25(35)16-37-22-7-6-19-14-33(9-8-18(19)10-22)15-21(34)12-31-27(36)23-11-26(30-13-24(23)28)32-20-4-3-5-20/h17-26,29-30,32,34-35H,3-16H2,1-2H3,(H,31,36)/t17?,18?,19?,21-,22?,23?,24?,25?,26?/m0/s1. The molecule has 9 nitrogen and oxygen atoms in total. The summed E-state index contributed by atoms with van der Waals surface area (Å²) in [4.78, 5) is 15.0. The minimum atomic E-state index is -1.20. The summed E-state index contributed by atoms with van der Waals surface area (Å²) in [5.41, 5.74) is 0. The highest BCUT2D eigenvalue weighted by molar-refractivity contribution is 5.79. The molecule has 10 heteroatoms. The number of rotatable bonds is 12. The molecule has 4 fully saturated rings. The molecule has 0 aromatic heterocycles. The van der Waals surface area contributed by atoms with Crippen LogP contribution in [0.2, 0.25) is 0 Å². The highest BCUT2D eigenvalue weighted by Gasteiger charge is 2.38. The molecule has 2 saturated heterocycles. The number of likely N-dealkylation sites (tertiary alicyclic amines) is 1. The number of aliphatic hydroxyl groups is 2. The lowest BCUT2D eigenvalue weighted by atomic mass is 9.74. The number of piperidine rings is 2. The molecule has 9 atom stereocenters. The quantitative estimate of drug-likeness (QED) is 0.215. The number of nitrogens with zero attached hydrogens (tertiary/aromatic N) is 1. The molecule has 4 aliphatic rings. The molecule has 0 radical (unpaired) electrons. The molecule has 214 valence electrons. The SMILES string of the molecule is CNC(C)C(O)COC1CCC2CN(C[C@@H](O)CNC(=O)C3CC(NC4CCC4)NCC3F)CCC2C1. The number of carbonyl (C=O) groups excluding carboxylic acids is 1. The van der Waals surface area contributed by atoms with Crippen molar-refractivity contribution in [3.63, 3.8) is 0 Å². The monoisotopic (exact) mass is 527 g/mol. The largest absolute Gasteiger partial charge is 0.390 e. The van der Waals surface area contributed by atoms with Crippen LogP contribution in [0.25, 0.3) is 0 Å². The predicted molar refractivity (Wildman–Crippen MR) is 141 cm³/mol. The van der Waals surface area contributed by atoms with E-state index in [0.29, 0.717) is 37.5 Å². The van der Waals surface area contributed by atoms with Gasteiger partial charge >= 0.3 is 0 Å². The number of amides is 1. The molecule has 0 aromatic carbocycles. The fraction of sp³-hybridized carbons (Fsp3) is 0.963. The fourth-order valence-corrected chi connectivity index (χ4v) is 6.39. The maximum absolute atomic E-state index is 14.5. The Bertz CT molecular complexity index is 716. The van der Waals surface area contributed by atoms with E-state index >= 15 is 0 Å². The van der Waals surface area contributed by atoms with Crippen molar-refractivity contribution < 1.29 is 24.1 Å². The Morgan fingerprint density at radius 2 is 1.97 bits per heavy atom. The van der Waals surface area contributed by atoms with E-state index in [2.05, 4.69) is 26.2 Å². The van der Waals surface area contributed by atoms with E-state index in [0.717, 1.165) is 51.6 Å². The zero-order chi connectivity index (χ0) is 26.4. The first-order valence-corrected chi connectivity index (χ1v) is 14.6. The number of β-amino-alcohol motifs (C(OH)–C–C–N with tert-alkyl or cyclic N) is 1. The average Bonchev–Trinajstić information content (AvgIpc) is 2.88. The molecule has 6 N–H and O–H groups in total. The number of nitrogens with one attached hydrogen (secondary N) is 4. The minimum Gasteiger partial charge on any atom is -0.390 e. The summed E-state index contributed by atoms with van der Waals surface area (Å²) in [6.45, 7) is 5.06. The molecule has 0 spiro atoms. The van der Waals surface area contributed by atoms with Crippen LogP contribution in [-0.2, 0) is 9.53 Å². The van der Waals surface area contributed by atoms with Gasteiger partial charge in [0, 0.05) is 38.3 Å². The molecule has 0 aromatic rings. The van der Waals surface area contributed by atoms with Crippen LogP contribution in [0.5, 0.6) is 0 Å². The number of hydrogen-bond donors (Lipinski definition) is 6. The molecule has 4 rings (SSSR count). The number of hydrogen-bond acceptors (Lipinski definition) is 8. The summed E-state index contributed by atoms with van der Waals surface area (Å²) < 4.78 is 20.5. The third-order valence-corrected chi connectivity index (χ3v) is 9.28. The Kier molecular flexibility index (Phi) is 11.0. The first-order chi connectivity index (χ1) is 17.8. The van der Waals surface area contributed by atoms with Crippen LogP contribution in [0.1, 0.15) is 58.3 Å². The second-order valence-electron chi connectivity index (χ2n) is 12.0. The zero-order valence-electron chi connectivity index (χ0n) is 22.7. The smallest absolute Gasteiger partial charge is 0.226 e. The van der Waals surface area contributed by atoms with Crippen molar-refractivity contribution >= 4 is 5.91 Å². The first-order valence-electron chi connectivity index (χ1n) is 14.6. The normalized spacial score (nSPS) is 35.7. The third-order valence-electron chi connectivity index (χ3n) is 9.28. The highest BCUT2D eigenvalue weighted by Crippen LogP contribution is 2.37. The molecular formula is C27H50FN5O4. The second-order valence-corrected chi connectivity index (χ2v) is 12.0. The summed E-state index contributed by atoms with van der Waals surface area (Å²) in [7, 11) is 1.84. The van der Waals surface area contributed by atoms with Crippen LogP contribution in [0.4, 0.5) is 4.39 Å². The van der Waals surface area contributed by atoms with Crippen LogP contribution in [0.3, 0.4) is 0 Å². The number of fused-ring (bicyclic) bond motifs is 1. The van der Waals surface area contributed by atoms with E-state index < -0.39 is 24.3 Å². The molecule has 37 heavy (non-hydrogen) atoms. The lowest BCUT2D eigenvalue weighted by Crippen LogP contribution is -2.58. The van der Waals surface area contributed by atoms with Gasteiger partial charge in [-0.3, -0.25) is 15.4 Å². The second kappa shape index (κ2) is 14.0. The number of halogens is 1. The summed E-state index contributed by atoms with van der Waals surface area (Å²) >= 11 is 0. The lowest BCUT2D eigenvalue weighted by Gasteiger charge is -2.44. The Balaban J connectivity index is 1.13. The fourth-order valence-electron chi connectivity index (χ4n) is 6.39. The van der Waals surface area contributed by atoms with Crippen molar-refractivity contribution in [2.75, 3.05) is 46.4 Å². The first kappa shape index (κ1) is 29.1. The van der Waals surface area contributed by atoms with Gasteiger partial charge in [-0.05, 0) is 77.3 Å². The summed E-state index contributed by atoms with van der Waals surface area (Å²) in [6, 6.07) is 0.491. The minimum absolute atomic E-state index is 0.0136. The van der Waals surface area contributed by atoms with Crippen molar-refractivity contribution in [3.8, 4) is 0 Å². The molecule has 2 aliphatic heterocycles. The van der Waals surface area contributed by atoms with Crippen molar-refractivity contribution in [2.24, 2.45) is 17.8 Å². The summed E-state index contributed by atoms with van der Waals surface area (Å²) in [5.74, 6) is 0.244. The Morgan fingerprint density at radius 1 is 1.16 bits per heavy atom. The number of ether oxygens (including phenoxy) is 1. The van der Waals surface area contributed by atoms with Gasteiger partial charge < -0.3 is 30.5 Å². The van der Waals surface area contributed by atoms with Gasteiger partial charge in [0.1, 0.15) is 6.17 Å². The van der Waals surface area contributed by atoms with Gasteiger partial charge in [-0.2, -0.15) is 0 Å². The van der Waals surface area contributed by atoms with Crippen molar-refractivity contribution in [2.45, 2.75) is 101 Å². The number of carbonyl (C=O) groups is 1. The van der Waals surface area contributed by atoms with E-state index in [1.807, 2.05) is 14.0 Å². The molecule has 2 saturated carbocycles. The van der Waals surface area contributed by atoms with E-state index in [1.54, 1.807) is 0 Å². The molecule has 1 amide bonds. The maximum atomic E-state index is 14.5. The van der Waals surface area contributed by atoms with E-state index in [4.69, 9.17) is 4.74 Å². The van der Waals surface area contributed by atoms with E-state index in [9.17, 15) is 19.4 Å². The van der Waals surface area contributed by atoms with E-state index in [-0.39, 0.29) is 37.3 Å². The molecule has 2 aliphatic carbocycles. The van der Waals surface area contributed by atoms with Gasteiger partial charge in [0.2, 0.25) is 5.91 Å². The Hall–Kier alpha value is -0.880. The van der Waals surface area contributed by atoms with Crippen LogP contribution < -0.4 is 21.3 Å². The van der Waals surface area contributed by atoms with Gasteiger partial charge in [-0.1, -0.05) is 6.42 Å². The van der Waals surface area contributed by atoms with Crippen LogP contribution >= 0.6 is 0 Å². The molecule has 8 unspecified atom stereocenters. The van der Waals surface area contributed by atoms with Gasteiger partial charge in [0.05, 0.1) is 37.0 Å². The van der Waals surface area contributed by atoms with Crippen molar-refractivity contribution in [1.29, 1.82) is 0 Å². The number of alkyl halides is 1. The Labute approximate surface area is 221 Å². The predicted octanol–water partition coefficient (Wildman–Crippen LogP) is 0.355. The van der Waals surface area contributed by atoms with Crippen molar-refractivity contribution in [1.82, 2.24) is 26.2 Å². The number of likely N-dealkylation sites (N-methyl/N-ethyl adjacent to an activating group) is 1. The van der Waals surface area contributed by atoms with Gasteiger partial charge in [0.25, 0.3) is 0 Å². The highest BCUT2D eigenvalue weighted by atomic mass is 19.1. The summed E-state index contributed by atoms with van der Waals surface area (Å²) in [6.07, 6.45) is 5.99. The molecule has 2 heterocycles.